The molecule has 0 saturated carbocycles. The first-order chi connectivity index (χ1) is 10.7. The third-order valence-corrected chi connectivity index (χ3v) is 3.85. The Morgan fingerprint density at radius 1 is 1.23 bits per heavy atom. The first kappa shape index (κ1) is 14.5. The van der Waals surface area contributed by atoms with Gasteiger partial charge in [-0.1, -0.05) is 0 Å². The van der Waals surface area contributed by atoms with Crippen molar-refractivity contribution < 1.29 is 13.9 Å². The normalized spacial score (nSPS) is 14.2. The molecule has 0 N–H and O–H groups in total. The maximum Gasteiger partial charge on any atom is 0.253 e. The van der Waals surface area contributed by atoms with Crippen molar-refractivity contribution >= 4 is 5.91 Å². The Kier molecular flexibility index (Phi) is 4.04. The second-order valence-corrected chi connectivity index (χ2v) is 5.28. The molecule has 1 fully saturated rings. The average molecular weight is 300 g/mol. The number of carbonyl (C=O) groups is 1. The van der Waals surface area contributed by atoms with Crippen LogP contribution in [-0.4, -0.2) is 36.0 Å². The Bertz CT molecular complexity index is 697. The Hall–Kier alpha value is -2.43. The van der Waals surface area contributed by atoms with Gasteiger partial charge in [0.1, 0.15) is 0 Å². The van der Waals surface area contributed by atoms with Crippen LogP contribution in [0.1, 0.15) is 23.2 Å². The Morgan fingerprint density at radius 2 is 2.00 bits per heavy atom. The quantitative estimate of drug-likeness (QED) is 0.874. The summed E-state index contributed by atoms with van der Waals surface area (Å²) in [5, 5.41) is 0. The van der Waals surface area contributed by atoms with Crippen LogP contribution in [-0.2, 0) is 0 Å². The van der Waals surface area contributed by atoms with Crippen molar-refractivity contribution in [2.24, 2.45) is 0 Å². The highest BCUT2D eigenvalue weighted by Gasteiger charge is 2.20. The van der Waals surface area contributed by atoms with E-state index < -0.39 is 5.82 Å². The number of hydrogen-bond acceptors (Lipinski definition) is 3. The van der Waals surface area contributed by atoms with Crippen molar-refractivity contribution in [2.45, 2.75) is 12.8 Å². The van der Waals surface area contributed by atoms with Crippen LogP contribution >= 0.6 is 0 Å². The first-order valence-electron chi connectivity index (χ1n) is 7.28. The molecule has 2 aromatic rings. The van der Waals surface area contributed by atoms with Gasteiger partial charge in [-0.3, -0.25) is 9.78 Å². The van der Waals surface area contributed by atoms with Crippen LogP contribution in [0.2, 0.25) is 0 Å². The number of rotatable bonds is 3. The highest BCUT2D eigenvalue weighted by atomic mass is 19.1. The summed E-state index contributed by atoms with van der Waals surface area (Å²) < 4.78 is 18.7. The van der Waals surface area contributed by atoms with E-state index in [9.17, 15) is 9.18 Å². The lowest BCUT2D eigenvalue weighted by molar-refractivity contribution is 0.0793. The summed E-state index contributed by atoms with van der Waals surface area (Å²) >= 11 is 0. The third-order valence-electron chi connectivity index (χ3n) is 3.85. The number of ether oxygens (including phenoxy) is 1. The SMILES string of the molecule is COc1ccc(-c2cc(C(=O)N3CCCC3)ccn2)cc1F. The molecule has 4 nitrogen and oxygen atoms in total. The molecule has 0 spiro atoms. The number of likely N-dealkylation sites (tertiary alicyclic amines) is 1. The minimum absolute atomic E-state index is 0.00938. The van der Waals surface area contributed by atoms with E-state index in [4.69, 9.17) is 4.74 Å². The van der Waals surface area contributed by atoms with Gasteiger partial charge >= 0.3 is 0 Å². The van der Waals surface area contributed by atoms with Crippen LogP contribution in [0.25, 0.3) is 11.3 Å². The molecule has 1 aromatic carbocycles. The number of halogens is 1. The van der Waals surface area contributed by atoms with E-state index >= 15 is 0 Å². The number of nitrogens with zero attached hydrogens (tertiary/aromatic N) is 2. The van der Waals surface area contributed by atoms with Gasteiger partial charge in [0, 0.05) is 30.4 Å². The average Bonchev–Trinajstić information content (AvgIpc) is 3.08. The van der Waals surface area contributed by atoms with Gasteiger partial charge in [-0.2, -0.15) is 0 Å². The lowest BCUT2D eigenvalue weighted by Crippen LogP contribution is -2.27. The fraction of sp³-hybridized carbons (Fsp3) is 0.294. The molecule has 0 atom stereocenters. The summed E-state index contributed by atoms with van der Waals surface area (Å²) in [6.45, 7) is 1.60. The molecule has 114 valence electrons. The molecule has 0 aliphatic carbocycles. The van der Waals surface area contributed by atoms with Gasteiger partial charge in [-0.15, -0.1) is 0 Å². The Labute approximate surface area is 128 Å². The number of methoxy groups -OCH3 is 1. The van der Waals surface area contributed by atoms with Crippen LogP contribution in [0.3, 0.4) is 0 Å². The van der Waals surface area contributed by atoms with E-state index in [1.54, 1.807) is 30.5 Å². The zero-order chi connectivity index (χ0) is 15.5. The zero-order valence-corrected chi connectivity index (χ0v) is 12.4. The van der Waals surface area contributed by atoms with E-state index in [0.29, 0.717) is 16.8 Å². The van der Waals surface area contributed by atoms with Crippen LogP contribution in [0.5, 0.6) is 5.75 Å². The van der Waals surface area contributed by atoms with E-state index in [0.717, 1.165) is 25.9 Å². The van der Waals surface area contributed by atoms with Crippen molar-refractivity contribution in [3.05, 3.63) is 47.9 Å². The molecule has 1 aliphatic rings. The minimum Gasteiger partial charge on any atom is -0.494 e. The molecule has 3 rings (SSSR count). The number of carbonyl (C=O) groups excluding carboxylic acids is 1. The van der Waals surface area contributed by atoms with Gasteiger partial charge in [0.05, 0.1) is 12.8 Å². The molecule has 1 aliphatic heterocycles. The van der Waals surface area contributed by atoms with Gasteiger partial charge in [-0.05, 0) is 43.2 Å². The van der Waals surface area contributed by atoms with Crippen molar-refractivity contribution in [3.63, 3.8) is 0 Å². The van der Waals surface area contributed by atoms with Gasteiger partial charge < -0.3 is 9.64 Å². The van der Waals surface area contributed by atoms with Gasteiger partial charge in [0.25, 0.3) is 5.91 Å². The molecule has 5 heteroatoms. The van der Waals surface area contributed by atoms with E-state index in [2.05, 4.69) is 4.98 Å². The summed E-state index contributed by atoms with van der Waals surface area (Å²) in [5.74, 6) is -0.249. The summed E-state index contributed by atoms with van der Waals surface area (Å²) in [7, 11) is 1.42. The predicted octanol–water partition coefficient (Wildman–Crippen LogP) is 3.13. The predicted molar refractivity (Wildman–Crippen MR) is 81.3 cm³/mol. The Balaban J connectivity index is 1.90. The lowest BCUT2D eigenvalue weighted by Gasteiger charge is -2.15. The molecule has 0 unspecified atom stereocenters. The molecule has 0 radical (unpaired) electrons. The fourth-order valence-electron chi connectivity index (χ4n) is 2.65. The van der Waals surface area contributed by atoms with E-state index in [1.807, 2.05) is 4.90 Å². The number of amides is 1. The fourth-order valence-corrected chi connectivity index (χ4v) is 2.65. The number of hydrogen-bond donors (Lipinski definition) is 0. The monoisotopic (exact) mass is 300 g/mol. The maximum atomic E-state index is 13.8. The van der Waals surface area contributed by atoms with E-state index in [-0.39, 0.29) is 11.7 Å². The highest BCUT2D eigenvalue weighted by Crippen LogP contribution is 2.25. The smallest absolute Gasteiger partial charge is 0.253 e. The van der Waals surface area contributed by atoms with Crippen molar-refractivity contribution in [1.29, 1.82) is 0 Å². The topological polar surface area (TPSA) is 42.4 Å². The van der Waals surface area contributed by atoms with Crippen molar-refractivity contribution in [3.8, 4) is 17.0 Å². The zero-order valence-electron chi connectivity index (χ0n) is 12.4. The summed E-state index contributed by atoms with van der Waals surface area (Å²) in [6, 6.07) is 8.06. The summed E-state index contributed by atoms with van der Waals surface area (Å²) in [5.41, 5.74) is 1.78. The standard InChI is InChI=1S/C17H17FN2O2/c1-22-16-5-4-12(10-14(16)18)15-11-13(6-7-19-15)17(21)20-8-2-3-9-20/h4-7,10-11H,2-3,8-9H2,1H3. The molecule has 1 saturated heterocycles. The van der Waals surface area contributed by atoms with E-state index in [1.165, 1.54) is 13.2 Å². The van der Waals surface area contributed by atoms with Crippen LogP contribution in [0.15, 0.2) is 36.5 Å². The second-order valence-electron chi connectivity index (χ2n) is 5.28. The third kappa shape index (κ3) is 2.79. The first-order valence-corrected chi connectivity index (χ1v) is 7.28. The van der Waals surface area contributed by atoms with Gasteiger partial charge in [-0.25, -0.2) is 4.39 Å². The molecular formula is C17H17FN2O2. The highest BCUT2D eigenvalue weighted by molar-refractivity contribution is 5.95. The largest absolute Gasteiger partial charge is 0.494 e. The van der Waals surface area contributed by atoms with Crippen molar-refractivity contribution in [2.75, 3.05) is 20.2 Å². The summed E-state index contributed by atoms with van der Waals surface area (Å²) in [6.07, 6.45) is 3.68. The van der Waals surface area contributed by atoms with Crippen LogP contribution < -0.4 is 4.74 Å². The van der Waals surface area contributed by atoms with Gasteiger partial charge in [0.15, 0.2) is 11.6 Å². The number of benzene rings is 1. The molecule has 22 heavy (non-hydrogen) atoms. The number of pyridine rings is 1. The molecular weight excluding hydrogens is 283 g/mol. The molecule has 2 heterocycles. The molecule has 0 bridgehead atoms. The minimum atomic E-state index is -0.446. The number of aromatic nitrogens is 1. The van der Waals surface area contributed by atoms with Crippen LogP contribution in [0.4, 0.5) is 4.39 Å². The van der Waals surface area contributed by atoms with Crippen molar-refractivity contribution in [1.82, 2.24) is 9.88 Å². The van der Waals surface area contributed by atoms with Crippen LogP contribution in [0, 0.1) is 5.82 Å². The maximum absolute atomic E-state index is 13.8. The molecule has 1 amide bonds. The summed E-state index contributed by atoms with van der Waals surface area (Å²) in [4.78, 5) is 18.5. The lowest BCUT2D eigenvalue weighted by atomic mass is 10.1. The Morgan fingerprint density at radius 3 is 2.68 bits per heavy atom. The van der Waals surface area contributed by atoms with Gasteiger partial charge in [0.2, 0.25) is 0 Å². The molecule has 1 aromatic heterocycles. The second kappa shape index (κ2) is 6.13.